The summed E-state index contributed by atoms with van der Waals surface area (Å²) in [7, 11) is 0. The first-order valence-corrected chi connectivity index (χ1v) is 10.8. The smallest absolute Gasteiger partial charge is 0.259 e. The van der Waals surface area contributed by atoms with Crippen molar-refractivity contribution in [3.05, 3.63) is 44.8 Å². The lowest BCUT2D eigenvalue weighted by Gasteiger charge is -2.01. The third-order valence-corrected chi connectivity index (χ3v) is 6.78. The second kappa shape index (κ2) is 6.69. The SMILES string of the molecule is CCOc1ccc2nc(SCc3nc4sc5c(c4c(=O)[nH]3)CCC5)[nH]c2c1. The molecule has 8 heteroatoms. The van der Waals surface area contributed by atoms with E-state index >= 15 is 0 Å². The van der Waals surface area contributed by atoms with Crippen LogP contribution in [0.5, 0.6) is 5.75 Å². The van der Waals surface area contributed by atoms with E-state index in [9.17, 15) is 4.79 Å². The third-order valence-electron chi connectivity index (χ3n) is 4.71. The molecule has 27 heavy (non-hydrogen) atoms. The van der Waals surface area contributed by atoms with Gasteiger partial charge in [-0.25, -0.2) is 9.97 Å². The number of rotatable bonds is 5. The molecular weight excluding hydrogens is 380 g/mol. The number of aryl methyl sites for hydroxylation is 2. The zero-order valence-electron chi connectivity index (χ0n) is 14.8. The highest BCUT2D eigenvalue weighted by Gasteiger charge is 2.21. The predicted molar refractivity (Wildman–Crippen MR) is 109 cm³/mol. The molecule has 4 aromatic rings. The Hall–Kier alpha value is -2.32. The molecule has 0 spiro atoms. The van der Waals surface area contributed by atoms with Gasteiger partial charge in [0.25, 0.3) is 5.56 Å². The summed E-state index contributed by atoms with van der Waals surface area (Å²) < 4.78 is 5.53. The fraction of sp³-hybridized carbons (Fsp3) is 0.316. The summed E-state index contributed by atoms with van der Waals surface area (Å²) >= 11 is 3.20. The van der Waals surface area contributed by atoms with E-state index in [1.807, 2.05) is 25.1 Å². The van der Waals surface area contributed by atoms with Crippen LogP contribution in [-0.2, 0) is 18.6 Å². The number of hydrogen-bond acceptors (Lipinski definition) is 6. The summed E-state index contributed by atoms with van der Waals surface area (Å²) in [5.74, 6) is 2.08. The van der Waals surface area contributed by atoms with Crippen LogP contribution in [0.15, 0.2) is 28.2 Å². The molecule has 6 nitrogen and oxygen atoms in total. The van der Waals surface area contributed by atoms with Gasteiger partial charge in [-0.1, -0.05) is 11.8 Å². The monoisotopic (exact) mass is 398 g/mol. The van der Waals surface area contributed by atoms with Crippen LogP contribution in [0.4, 0.5) is 0 Å². The summed E-state index contributed by atoms with van der Waals surface area (Å²) in [6.07, 6.45) is 3.21. The number of benzene rings is 1. The number of H-pyrrole nitrogens is 2. The van der Waals surface area contributed by atoms with E-state index in [1.54, 1.807) is 11.3 Å². The lowest BCUT2D eigenvalue weighted by molar-refractivity contribution is 0.340. The molecule has 0 unspecified atom stereocenters. The van der Waals surface area contributed by atoms with E-state index in [4.69, 9.17) is 4.74 Å². The average Bonchev–Trinajstić information content (AvgIpc) is 3.33. The Kier molecular flexibility index (Phi) is 4.17. The number of thiophene rings is 1. The molecule has 0 amide bonds. The summed E-state index contributed by atoms with van der Waals surface area (Å²) in [4.78, 5) is 30.3. The van der Waals surface area contributed by atoms with Gasteiger partial charge in [0.05, 0.1) is 28.8 Å². The molecule has 3 aromatic heterocycles. The van der Waals surface area contributed by atoms with Crippen molar-refractivity contribution in [2.75, 3.05) is 6.61 Å². The number of ether oxygens (including phenoxy) is 1. The van der Waals surface area contributed by atoms with E-state index < -0.39 is 0 Å². The second-order valence-corrected chi connectivity index (χ2v) is 8.54. The minimum absolute atomic E-state index is 0.0130. The molecule has 1 aliphatic carbocycles. The van der Waals surface area contributed by atoms with Gasteiger partial charge in [0, 0.05) is 10.9 Å². The highest BCUT2D eigenvalue weighted by Crippen LogP contribution is 2.34. The van der Waals surface area contributed by atoms with Crippen LogP contribution in [0, 0.1) is 0 Å². The maximum atomic E-state index is 12.5. The lowest BCUT2D eigenvalue weighted by atomic mass is 10.2. The Labute approximate surface area is 163 Å². The number of nitrogens with zero attached hydrogens (tertiary/aromatic N) is 2. The Morgan fingerprint density at radius 1 is 1.26 bits per heavy atom. The minimum Gasteiger partial charge on any atom is -0.494 e. The van der Waals surface area contributed by atoms with Gasteiger partial charge in [0.2, 0.25) is 0 Å². The average molecular weight is 399 g/mol. The van der Waals surface area contributed by atoms with E-state index in [-0.39, 0.29) is 5.56 Å². The number of thioether (sulfide) groups is 1. The number of imidazole rings is 1. The number of aromatic nitrogens is 4. The molecule has 0 bridgehead atoms. The molecule has 0 fully saturated rings. The van der Waals surface area contributed by atoms with Crippen LogP contribution in [0.3, 0.4) is 0 Å². The van der Waals surface area contributed by atoms with Crippen molar-refractivity contribution < 1.29 is 4.74 Å². The molecule has 3 heterocycles. The fourth-order valence-electron chi connectivity index (χ4n) is 3.54. The largest absolute Gasteiger partial charge is 0.494 e. The van der Waals surface area contributed by atoms with Crippen LogP contribution in [-0.4, -0.2) is 26.5 Å². The van der Waals surface area contributed by atoms with Gasteiger partial charge >= 0.3 is 0 Å². The topological polar surface area (TPSA) is 83.7 Å². The third kappa shape index (κ3) is 3.02. The molecule has 138 valence electrons. The number of nitrogens with one attached hydrogen (secondary N) is 2. The first-order valence-electron chi connectivity index (χ1n) is 9.00. The maximum absolute atomic E-state index is 12.5. The first kappa shape index (κ1) is 16.8. The quantitative estimate of drug-likeness (QED) is 0.496. The van der Waals surface area contributed by atoms with Gasteiger partial charge < -0.3 is 14.7 Å². The second-order valence-electron chi connectivity index (χ2n) is 6.49. The fourth-order valence-corrected chi connectivity index (χ4v) is 5.58. The van der Waals surface area contributed by atoms with Crippen molar-refractivity contribution in [3.63, 3.8) is 0 Å². The summed E-state index contributed by atoms with van der Waals surface area (Å²) in [5.41, 5.74) is 3.04. The molecule has 0 saturated heterocycles. The van der Waals surface area contributed by atoms with E-state index in [2.05, 4.69) is 19.9 Å². The van der Waals surface area contributed by atoms with Crippen molar-refractivity contribution in [3.8, 4) is 5.75 Å². The molecule has 0 aliphatic heterocycles. The highest BCUT2D eigenvalue weighted by atomic mass is 32.2. The number of fused-ring (bicyclic) bond motifs is 4. The predicted octanol–water partition coefficient (Wildman–Crippen LogP) is 4.04. The zero-order chi connectivity index (χ0) is 18.4. The van der Waals surface area contributed by atoms with E-state index in [0.29, 0.717) is 18.2 Å². The van der Waals surface area contributed by atoms with Crippen LogP contribution in [0.25, 0.3) is 21.3 Å². The Bertz CT molecular complexity index is 1210. The van der Waals surface area contributed by atoms with Crippen molar-refractivity contribution in [2.45, 2.75) is 37.1 Å². The van der Waals surface area contributed by atoms with Crippen molar-refractivity contribution >= 4 is 44.3 Å². The normalized spacial score (nSPS) is 13.5. The van der Waals surface area contributed by atoms with Crippen LogP contribution < -0.4 is 10.3 Å². The van der Waals surface area contributed by atoms with Crippen LogP contribution in [0.1, 0.15) is 29.6 Å². The number of aromatic amines is 2. The van der Waals surface area contributed by atoms with Gasteiger partial charge in [-0.15, -0.1) is 11.3 Å². The van der Waals surface area contributed by atoms with Gasteiger partial charge in [0.1, 0.15) is 16.4 Å². The maximum Gasteiger partial charge on any atom is 0.259 e. The Balaban J connectivity index is 1.39. The van der Waals surface area contributed by atoms with Crippen molar-refractivity contribution in [2.24, 2.45) is 0 Å². The van der Waals surface area contributed by atoms with Crippen LogP contribution >= 0.6 is 23.1 Å². The van der Waals surface area contributed by atoms with Crippen molar-refractivity contribution in [1.82, 2.24) is 19.9 Å². The summed E-state index contributed by atoms with van der Waals surface area (Å²) in [5, 5.41) is 1.60. The molecule has 0 radical (unpaired) electrons. The van der Waals surface area contributed by atoms with Crippen molar-refractivity contribution in [1.29, 1.82) is 0 Å². The van der Waals surface area contributed by atoms with Gasteiger partial charge in [-0.05, 0) is 43.9 Å². The molecule has 1 aliphatic rings. The van der Waals surface area contributed by atoms with Gasteiger partial charge in [0.15, 0.2) is 5.16 Å². The molecule has 1 aromatic carbocycles. The number of hydrogen-bond donors (Lipinski definition) is 2. The highest BCUT2D eigenvalue weighted by molar-refractivity contribution is 7.98. The lowest BCUT2D eigenvalue weighted by Crippen LogP contribution is -2.11. The molecule has 0 atom stereocenters. The summed E-state index contributed by atoms with van der Waals surface area (Å²) in [6, 6.07) is 5.82. The van der Waals surface area contributed by atoms with Crippen LogP contribution in [0.2, 0.25) is 0 Å². The molecule has 2 N–H and O–H groups in total. The molecular formula is C19H18N4O2S2. The summed E-state index contributed by atoms with van der Waals surface area (Å²) in [6.45, 7) is 2.60. The standard InChI is InChI=1S/C19H18N4O2S2/c1-2-25-10-6-7-12-13(8-10)21-19(20-12)26-9-15-22-17(24)16-11-4-3-5-14(11)27-18(16)23-15/h6-8H,2-5,9H2,1H3,(H,20,21)(H,22,23,24). The first-order chi connectivity index (χ1) is 13.2. The van der Waals surface area contributed by atoms with Gasteiger partial charge in [-0.3, -0.25) is 4.79 Å². The molecule has 5 rings (SSSR count). The Morgan fingerprint density at radius 2 is 2.19 bits per heavy atom. The van der Waals surface area contributed by atoms with E-state index in [0.717, 1.165) is 51.4 Å². The minimum atomic E-state index is -0.0130. The zero-order valence-corrected chi connectivity index (χ0v) is 16.4. The van der Waals surface area contributed by atoms with Gasteiger partial charge in [-0.2, -0.15) is 0 Å². The Morgan fingerprint density at radius 3 is 3.07 bits per heavy atom. The molecule has 0 saturated carbocycles. The van der Waals surface area contributed by atoms with E-state index in [1.165, 1.54) is 22.2 Å².